The lowest BCUT2D eigenvalue weighted by Gasteiger charge is -2.41. The largest absolute Gasteiger partial charge is 0.389 e. The average molecular weight is 304 g/mol. The molecule has 1 aliphatic heterocycles. The fourth-order valence-corrected chi connectivity index (χ4v) is 3.24. The molecule has 3 nitrogen and oxygen atoms in total. The summed E-state index contributed by atoms with van der Waals surface area (Å²) in [5.41, 5.74) is 7.54. The molecule has 0 atom stereocenters. The van der Waals surface area contributed by atoms with Crippen LogP contribution in [0.5, 0.6) is 0 Å². The van der Waals surface area contributed by atoms with Gasteiger partial charge in [0, 0.05) is 24.2 Å². The number of carbonyl (C=O) groups is 1. The van der Waals surface area contributed by atoms with Crippen LogP contribution in [-0.2, 0) is 0 Å². The zero-order chi connectivity index (χ0) is 15.5. The summed E-state index contributed by atoms with van der Waals surface area (Å²) in [6.07, 6.45) is 4.62. The monoisotopic (exact) mass is 304 g/mol. The maximum absolute atomic E-state index is 12.5. The number of nitrogens with two attached hydrogens (primary N) is 1. The van der Waals surface area contributed by atoms with Gasteiger partial charge in [-0.25, -0.2) is 0 Å². The number of thiocarbonyl (C=S) groups is 1. The summed E-state index contributed by atoms with van der Waals surface area (Å²) in [6.45, 7) is 6.24. The Labute approximate surface area is 132 Å². The molecule has 2 N–H and O–H groups in total. The molecular weight excluding hydrogens is 280 g/mol. The number of benzene rings is 1. The summed E-state index contributed by atoms with van der Waals surface area (Å²) in [6, 6.07) is 7.28. The fraction of sp³-hybridized carbons (Fsp3) is 0.529. The van der Waals surface area contributed by atoms with Crippen molar-refractivity contribution in [3.05, 3.63) is 35.4 Å². The van der Waals surface area contributed by atoms with Gasteiger partial charge in [-0.15, -0.1) is 0 Å². The van der Waals surface area contributed by atoms with Crippen LogP contribution in [0.2, 0.25) is 0 Å². The summed E-state index contributed by atoms with van der Waals surface area (Å²) in [5, 5.41) is 0. The van der Waals surface area contributed by atoms with Gasteiger partial charge in [-0.05, 0) is 30.4 Å². The number of hydrogen-bond donors (Lipinski definition) is 1. The molecule has 1 saturated heterocycles. The molecule has 1 fully saturated rings. The molecule has 1 aromatic carbocycles. The van der Waals surface area contributed by atoms with E-state index >= 15 is 0 Å². The zero-order valence-corrected chi connectivity index (χ0v) is 13.7. The van der Waals surface area contributed by atoms with Crippen molar-refractivity contribution in [2.24, 2.45) is 11.1 Å². The third-order valence-electron chi connectivity index (χ3n) is 5.03. The van der Waals surface area contributed by atoms with Crippen molar-refractivity contribution in [3.63, 3.8) is 0 Å². The summed E-state index contributed by atoms with van der Waals surface area (Å²) >= 11 is 4.93. The van der Waals surface area contributed by atoms with Crippen molar-refractivity contribution in [2.45, 2.75) is 39.5 Å². The molecule has 1 aromatic rings. The predicted octanol–water partition coefficient (Wildman–Crippen LogP) is 3.36. The van der Waals surface area contributed by atoms with E-state index in [1.165, 1.54) is 12.8 Å². The first-order valence-corrected chi connectivity index (χ1v) is 8.11. The van der Waals surface area contributed by atoms with E-state index in [9.17, 15) is 4.79 Å². The van der Waals surface area contributed by atoms with Crippen LogP contribution in [0.25, 0.3) is 0 Å². The van der Waals surface area contributed by atoms with Crippen LogP contribution in [0.4, 0.5) is 0 Å². The minimum atomic E-state index is 0.116. The van der Waals surface area contributed by atoms with Crippen molar-refractivity contribution < 1.29 is 4.79 Å². The highest BCUT2D eigenvalue weighted by Gasteiger charge is 2.33. The standard InChI is InChI=1S/C17H24N2OS/c1-3-17(4-2)9-11-19(12-10-17)16(20)14-7-5-13(6-8-14)15(18)21/h5-8H,3-4,9-12H2,1-2H3,(H2,18,21). The lowest BCUT2D eigenvalue weighted by molar-refractivity contribution is 0.0558. The molecule has 0 radical (unpaired) electrons. The Morgan fingerprint density at radius 2 is 1.62 bits per heavy atom. The minimum absolute atomic E-state index is 0.116. The highest BCUT2D eigenvalue weighted by Crippen LogP contribution is 2.38. The predicted molar refractivity (Wildman–Crippen MR) is 90.5 cm³/mol. The van der Waals surface area contributed by atoms with Gasteiger partial charge in [0.2, 0.25) is 0 Å². The summed E-state index contributed by atoms with van der Waals surface area (Å²) < 4.78 is 0. The van der Waals surface area contributed by atoms with Crippen LogP contribution in [0.15, 0.2) is 24.3 Å². The smallest absolute Gasteiger partial charge is 0.253 e. The van der Waals surface area contributed by atoms with E-state index in [1.807, 2.05) is 29.2 Å². The molecule has 0 aromatic heterocycles. The third kappa shape index (κ3) is 3.43. The molecule has 21 heavy (non-hydrogen) atoms. The Kier molecular flexibility index (Phi) is 4.99. The highest BCUT2D eigenvalue weighted by molar-refractivity contribution is 7.80. The Bertz CT molecular complexity index is 510. The quantitative estimate of drug-likeness (QED) is 0.868. The van der Waals surface area contributed by atoms with Gasteiger partial charge in [-0.1, -0.05) is 51.0 Å². The molecular formula is C17H24N2OS. The molecule has 1 amide bonds. The maximum atomic E-state index is 12.5. The van der Waals surface area contributed by atoms with E-state index in [1.54, 1.807) is 0 Å². The second-order valence-electron chi connectivity index (χ2n) is 5.94. The molecule has 0 bridgehead atoms. The SMILES string of the molecule is CCC1(CC)CCN(C(=O)c2ccc(C(N)=S)cc2)CC1. The topological polar surface area (TPSA) is 46.3 Å². The molecule has 1 aliphatic rings. The summed E-state index contributed by atoms with van der Waals surface area (Å²) in [4.78, 5) is 14.9. The minimum Gasteiger partial charge on any atom is -0.389 e. The van der Waals surface area contributed by atoms with Gasteiger partial charge in [0.05, 0.1) is 0 Å². The highest BCUT2D eigenvalue weighted by atomic mass is 32.1. The van der Waals surface area contributed by atoms with Gasteiger partial charge in [0.1, 0.15) is 4.99 Å². The van der Waals surface area contributed by atoms with E-state index in [0.29, 0.717) is 10.4 Å². The lowest BCUT2D eigenvalue weighted by Crippen LogP contribution is -2.42. The average Bonchev–Trinajstić information content (AvgIpc) is 2.54. The van der Waals surface area contributed by atoms with E-state index in [0.717, 1.165) is 37.1 Å². The van der Waals surface area contributed by atoms with Crippen LogP contribution in [-0.4, -0.2) is 28.9 Å². The number of piperidine rings is 1. The van der Waals surface area contributed by atoms with Crippen LogP contribution >= 0.6 is 12.2 Å². The van der Waals surface area contributed by atoms with Crippen molar-refractivity contribution in [3.8, 4) is 0 Å². The Morgan fingerprint density at radius 3 is 2.05 bits per heavy atom. The van der Waals surface area contributed by atoms with Crippen LogP contribution < -0.4 is 5.73 Å². The summed E-state index contributed by atoms with van der Waals surface area (Å²) in [5.74, 6) is 0.116. The number of amides is 1. The van der Waals surface area contributed by atoms with E-state index in [4.69, 9.17) is 18.0 Å². The fourth-order valence-electron chi connectivity index (χ4n) is 3.10. The van der Waals surface area contributed by atoms with Crippen LogP contribution in [0, 0.1) is 5.41 Å². The molecule has 114 valence electrons. The first-order chi connectivity index (χ1) is 10.0. The Morgan fingerprint density at radius 1 is 1.14 bits per heavy atom. The second-order valence-corrected chi connectivity index (χ2v) is 6.38. The lowest BCUT2D eigenvalue weighted by atomic mass is 9.74. The van der Waals surface area contributed by atoms with Crippen molar-refractivity contribution >= 4 is 23.1 Å². The van der Waals surface area contributed by atoms with Gasteiger partial charge in [-0.3, -0.25) is 4.79 Å². The number of carbonyl (C=O) groups excluding carboxylic acids is 1. The van der Waals surface area contributed by atoms with Crippen LogP contribution in [0.3, 0.4) is 0 Å². The van der Waals surface area contributed by atoms with Crippen LogP contribution in [0.1, 0.15) is 55.5 Å². The number of likely N-dealkylation sites (tertiary alicyclic amines) is 1. The molecule has 0 unspecified atom stereocenters. The Hall–Kier alpha value is -1.42. The first-order valence-electron chi connectivity index (χ1n) is 7.70. The molecule has 0 aliphatic carbocycles. The third-order valence-corrected chi connectivity index (χ3v) is 5.26. The number of rotatable bonds is 4. The van der Waals surface area contributed by atoms with Gasteiger partial charge in [0.25, 0.3) is 5.91 Å². The van der Waals surface area contributed by atoms with E-state index < -0.39 is 0 Å². The first kappa shape index (κ1) is 16.0. The van der Waals surface area contributed by atoms with Crippen molar-refractivity contribution in [1.82, 2.24) is 4.90 Å². The van der Waals surface area contributed by atoms with Crippen molar-refractivity contribution in [1.29, 1.82) is 0 Å². The molecule has 1 heterocycles. The normalized spacial score (nSPS) is 17.5. The van der Waals surface area contributed by atoms with Gasteiger partial charge >= 0.3 is 0 Å². The molecule has 4 heteroatoms. The number of nitrogens with zero attached hydrogens (tertiary/aromatic N) is 1. The maximum Gasteiger partial charge on any atom is 0.253 e. The number of hydrogen-bond acceptors (Lipinski definition) is 2. The molecule has 0 saturated carbocycles. The molecule has 2 rings (SSSR count). The Balaban J connectivity index is 2.03. The zero-order valence-electron chi connectivity index (χ0n) is 12.9. The van der Waals surface area contributed by atoms with E-state index in [2.05, 4.69) is 13.8 Å². The van der Waals surface area contributed by atoms with Gasteiger partial charge in [-0.2, -0.15) is 0 Å². The summed E-state index contributed by atoms with van der Waals surface area (Å²) in [7, 11) is 0. The van der Waals surface area contributed by atoms with Gasteiger partial charge in [0.15, 0.2) is 0 Å². The molecule has 0 spiro atoms. The van der Waals surface area contributed by atoms with Crippen molar-refractivity contribution in [2.75, 3.05) is 13.1 Å². The van der Waals surface area contributed by atoms with E-state index in [-0.39, 0.29) is 5.91 Å². The second kappa shape index (κ2) is 6.56. The van der Waals surface area contributed by atoms with Gasteiger partial charge < -0.3 is 10.6 Å².